The van der Waals surface area contributed by atoms with Gasteiger partial charge in [0.05, 0.1) is 38.2 Å². The minimum atomic E-state index is 0.157. The normalized spacial score (nSPS) is 14.5. The van der Waals surface area contributed by atoms with E-state index in [2.05, 4.69) is 24.3 Å². The Morgan fingerprint density at radius 3 is 2.50 bits per heavy atom. The molecule has 6 heteroatoms. The molecule has 1 saturated heterocycles. The highest BCUT2D eigenvalue weighted by atomic mass is 32.1. The number of quaternary nitrogens is 1. The van der Waals surface area contributed by atoms with Crippen molar-refractivity contribution in [1.29, 1.82) is 0 Å². The first-order valence-corrected chi connectivity index (χ1v) is 11.1. The van der Waals surface area contributed by atoms with Crippen LogP contribution in [0.2, 0.25) is 0 Å². The number of carbonyl (C=O) groups is 1. The summed E-state index contributed by atoms with van der Waals surface area (Å²) in [5, 5.41) is 1.95. The first-order valence-electron chi connectivity index (χ1n) is 10.2. The minimum absolute atomic E-state index is 0.157. The van der Waals surface area contributed by atoms with Gasteiger partial charge in [-0.25, -0.2) is 0 Å². The Balaban J connectivity index is 1.35. The Bertz CT molecular complexity index is 952. The quantitative estimate of drug-likeness (QED) is 0.636. The molecule has 1 aliphatic heterocycles. The van der Waals surface area contributed by atoms with Crippen molar-refractivity contribution >= 4 is 17.2 Å². The fourth-order valence-corrected chi connectivity index (χ4v) is 4.42. The van der Waals surface area contributed by atoms with Gasteiger partial charge in [0.15, 0.2) is 11.5 Å². The number of hydrogen-bond acceptors (Lipinski definition) is 4. The van der Waals surface area contributed by atoms with Crippen LogP contribution in [0.1, 0.15) is 20.8 Å². The summed E-state index contributed by atoms with van der Waals surface area (Å²) in [6.45, 7) is 4.90. The Hall–Kier alpha value is -2.83. The molecule has 0 saturated carbocycles. The molecule has 0 spiro atoms. The zero-order valence-electron chi connectivity index (χ0n) is 17.2. The second kappa shape index (κ2) is 9.78. The molecule has 0 radical (unpaired) electrons. The number of hydrogen-bond donors (Lipinski definition) is 1. The van der Waals surface area contributed by atoms with Crippen molar-refractivity contribution in [1.82, 2.24) is 4.90 Å². The summed E-state index contributed by atoms with van der Waals surface area (Å²) in [5.41, 5.74) is 2.34. The number of nitrogens with one attached hydrogen (secondary N) is 1. The molecule has 1 aliphatic rings. The first-order chi connectivity index (χ1) is 14.7. The number of nitrogens with zero attached hydrogens (tertiary/aromatic N) is 1. The predicted molar refractivity (Wildman–Crippen MR) is 118 cm³/mol. The molecular formula is C24H27N2O3S+. The molecule has 1 N–H and O–H groups in total. The van der Waals surface area contributed by atoms with Crippen LogP contribution in [0.3, 0.4) is 0 Å². The Morgan fingerprint density at radius 1 is 1.00 bits per heavy atom. The molecule has 156 valence electrons. The molecule has 5 nitrogen and oxygen atoms in total. The van der Waals surface area contributed by atoms with Crippen LogP contribution >= 0.6 is 11.3 Å². The van der Waals surface area contributed by atoms with Crippen molar-refractivity contribution in [2.75, 3.05) is 33.3 Å². The number of benzene rings is 2. The largest absolute Gasteiger partial charge is 0.493 e. The van der Waals surface area contributed by atoms with E-state index in [1.54, 1.807) is 7.11 Å². The summed E-state index contributed by atoms with van der Waals surface area (Å²) in [5.74, 6) is 1.67. The van der Waals surface area contributed by atoms with Crippen molar-refractivity contribution in [3.8, 4) is 11.5 Å². The van der Waals surface area contributed by atoms with Crippen LogP contribution in [-0.4, -0.2) is 44.1 Å². The molecule has 0 bridgehead atoms. The van der Waals surface area contributed by atoms with Crippen LogP contribution in [0.4, 0.5) is 0 Å². The van der Waals surface area contributed by atoms with Crippen molar-refractivity contribution in [3.63, 3.8) is 0 Å². The number of amides is 1. The molecule has 0 unspecified atom stereocenters. The summed E-state index contributed by atoms with van der Waals surface area (Å²) in [6, 6.07) is 20.1. The van der Waals surface area contributed by atoms with E-state index in [-0.39, 0.29) is 5.91 Å². The van der Waals surface area contributed by atoms with Gasteiger partial charge in [-0.2, -0.15) is 0 Å². The molecule has 2 heterocycles. The van der Waals surface area contributed by atoms with E-state index in [0.29, 0.717) is 6.61 Å². The SMILES string of the molecule is COc1ccc(C[NH+]2CCN(C(=O)c3cccs3)CC2)cc1OCc1ccccc1. The molecule has 1 fully saturated rings. The second-order valence-corrected chi connectivity index (χ2v) is 8.40. The Kier molecular flexibility index (Phi) is 6.67. The van der Waals surface area contributed by atoms with Gasteiger partial charge in [0.2, 0.25) is 0 Å². The van der Waals surface area contributed by atoms with E-state index in [4.69, 9.17) is 9.47 Å². The van der Waals surface area contributed by atoms with E-state index >= 15 is 0 Å². The maximum atomic E-state index is 12.5. The van der Waals surface area contributed by atoms with E-state index in [1.165, 1.54) is 21.8 Å². The fraction of sp³-hybridized carbons (Fsp3) is 0.292. The van der Waals surface area contributed by atoms with Crippen LogP contribution < -0.4 is 14.4 Å². The van der Waals surface area contributed by atoms with Gasteiger partial charge < -0.3 is 19.3 Å². The van der Waals surface area contributed by atoms with Crippen LogP contribution in [0.5, 0.6) is 11.5 Å². The molecular weight excluding hydrogens is 396 g/mol. The zero-order chi connectivity index (χ0) is 20.8. The highest BCUT2D eigenvalue weighted by Crippen LogP contribution is 2.28. The number of ether oxygens (including phenoxy) is 2. The third-order valence-electron chi connectivity index (χ3n) is 5.41. The molecule has 1 aromatic heterocycles. The Labute approximate surface area is 181 Å². The van der Waals surface area contributed by atoms with Crippen molar-refractivity contribution in [2.45, 2.75) is 13.2 Å². The third-order valence-corrected chi connectivity index (χ3v) is 6.27. The highest BCUT2D eigenvalue weighted by molar-refractivity contribution is 7.12. The van der Waals surface area contributed by atoms with E-state index in [0.717, 1.165) is 54.7 Å². The van der Waals surface area contributed by atoms with Gasteiger partial charge in [0.25, 0.3) is 5.91 Å². The van der Waals surface area contributed by atoms with Crippen molar-refractivity contribution in [2.24, 2.45) is 0 Å². The zero-order valence-corrected chi connectivity index (χ0v) is 18.0. The third kappa shape index (κ3) is 5.01. The van der Waals surface area contributed by atoms with E-state index < -0.39 is 0 Å². The molecule has 2 aromatic carbocycles. The van der Waals surface area contributed by atoms with Gasteiger partial charge in [0, 0.05) is 5.56 Å². The maximum absolute atomic E-state index is 12.5. The molecule has 0 atom stereocenters. The van der Waals surface area contributed by atoms with E-state index in [1.807, 2.05) is 46.7 Å². The van der Waals surface area contributed by atoms with Crippen molar-refractivity contribution < 1.29 is 19.2 Å². The van der Waals surface area contributed by atoms with Crippen molar-refractivity contribution in [3.05, 3.63) is 82.0 Å². The summed E-state index contributed by atoms with van der Waals surface area (Å²) in [6.07, 6.45) is 0. The topological polar surface area (TPSA) is 43.2 Å². The average Bonchev–Trinajstić information content (AvgIpc) is 3.34. The molecule has 4 rings (SSSR count). The summed E-state index contributed by atoms with van der Waals surface area (Å²) < 4.78 is 11.5. The van der Waals surface area contributed by atoms with Gasteiger partial charge in [-0.05, 0) is 35.2 Å². The number of rotatable bonds is 7. The monoisotopic (exact) mass is 423 g/mol. The first kappa shape index (κ1) is 20.4. The minimum Gasteiger partial charge on any atom is -0.493 e. The number of piperazine rings is 1. The van der Waals surface area contributed by atoms with Gasteiger partial charge >= 0.3 is 0 Å². The number of thiophene rings is 1. The smallest absolute Gasteiger partial charge is 0.264 e. The van der Waals surface area contributed by atoms with Crippen LogP contribution in [-0.2, 0) is 13.2 Å². The van der Waals surface area contributed by atoms with Crippen LogP contribution in [0.15, 0.2) is 66.0 Å². The summed E-state index contributed by atoms with van der Waals surface area (Å²) >= 11 is 1.51. The van der Waals surface area contributed by atoms with Gasteiger partial charge in [-0.3, -0.25) is 4.79 Å². The second-order valence-electron chi connectivity index (χ2n) is 7.46. The summed E-state index contributed by atoms with van der Waals surface area (Å²) in [7, 11) is 1.67. The fourth-order valence-electron chi connectivity index (χ4n) is 3.73. The standard InChI is InChI=1S/C24H26N2O3S/c1-28-21-10-9-20(16-22(21)29-18-19-6-3-2-4-7-19)17-25-11-13-26(14-12-25)24(27)23-8-5-15-30-23/h2-10,15-16H,11-14,17-18H2,1H3/p+1. The molecule has 30 heavy (non-hydrogen) atoms. The molecule has 0 aliphatic carbocycles. The Morgan fingerprint density at radius 2 is 1.80 bits per heavy atom. The van der Waals surface area contributed by atoms with Crippen LogP contribution in [0.25, 0.3) is 0 Å². The lowest BCUT2D eigenvalue weighted by Gasteiger charge is -2.32. The highest BCUT2D eigenvalue weighted by Gasteiger charge is 2.25. The molecule has 1 amide bonds. The lowest BCUT2D eigenvalue weighted by atomic mass is 10.1. The number of carbonyl (C=O) groups excluding carboxylic acids is 1. The van der Waals surface area contributed by atoms with Gasteiger partial charge in [-0.1, -0.05) is 36.4 Å². The van der Waals surface area contributed by atoms with Gasteiger partial charge in [0.1, 0.15) is 13.2 Å². The van der Waals surface area contributed by atoms with E-state index in [9.17, 15) is 4.79 Å². The van der Waals surface area contributed by atoms with Gasteiger partial charge in [-0.15, -0.1) is 11.3 Å². The summed E-state index contributed by atoms with van der Waals surface area (Å²) in [4.78, 5) is 16.8. The predicted octanol–water partition coefficient (Wildman–Crippen LogP) is 2.88. The molecule has 3 aromatic rings. The average molecular weight is 424 g/mol. The lowest BCUT2D eigenvalue weighted by molar-refractivity contribution is -0.917. The lowest BCUT2D eigenvalue weighted by Crippen LogP contribution is -3.13. The van der Waals surface area contributed by atoms with Crippen LogP contribution in [0, 0.1) is 0 Å². The maximum Gasteiger partial charge on any atom is 0.264 e. The number of methoxy groups -OCH3 is 1.